The summed E-state index contributed by atoms with van der Waals surface area (Å²) in [7, 11) is -3.33. The highest BCUT2D eigenvalue weighted by atomic mass is 32.2. The first-order chi connectivity index (χ1) is 11.1. The van der Waals surface area contributed by atoms with Gasteiger partial charge in [0.2, 0.25) is 10.0 Å². The van der Waals surface area contributed by atoms with Crippen LogP contribution in [0.2, 0.25) is 0 Å². The average molecular weight is 346 g/mol. The van der Waals surface area contributed by atoms with Crippen molar-refractivity contribution in [3.05, 3.63) is 0 Å². The molecule has 0 aliphatic carbocycles. The number of likely N-dealkylation sites (tertiary alicyclic amines) is 1. The lowest BCUT2D eigenvalue weighted by Crippen LogP contribution is -2.39. The van der Waals surface area contributed by atoms with E-state index in [1.54, 1.807) is 0 Å². The van der Waals surface area contributed by atoms with E-state index in [1.165, 1.54) is 12.8 Å². The highest BCUT2D eigenvalue weighted by Gasteiger charge is 2.17. The van der Waals surface area contributed by atoms with Gasteiger partial charge >= 0.3 is 0 Å². The summed E-state index contributed by atoms with van der Waals surface area (Å²) in [4.78, 5) is 6.30. The average Bonchev–Trinajstić information content (AvgIpc) is 2.83. The Morgan fingerprint density at radius 2 is 1.91 bits per heavy atom. The normalized spacial score (nSPS) is 24.4. The van der Waals surface area contributed by atoms with Gasteiger partial charge in [0.1, 0.15) is 0 Å². The van der Waals surface area contributed by atoms with Crippen molar-refractivity contribution >= 4 is 16.0 Å². The van der Waals surface area contributed by atoms with Crippen LogP contribution in [0.1, 0.15) is 44.9 Å². The maximum atomic E-state index is 12.0. The van der Waals surface area contributed by atoms with E-state index < -0.39 is 10.0 Å². The first-order valence-electron chi connectivity index (χ1n) is 8.71. The molecule has 0 spiro atoms. The van der Waals surface area contributed by atoms with E-state index in [-0.39, 0.29) is 18.4 Å². The lowest BCUT2D eigenvalue weighted by atomic mass is 10.1. The fraction of sp³-hybridized carbons (Fsp3) is 0.933. The largest absolute Gasteiger partial charge is 0.377 e. The van der Waals surface area contributed by atoms with Crippen LogP contribution in [0.5, 0.6) is 0 Å². The van der Waals surface area contributed by atoms with Crippen molar-refractivity contribution in [2.24, 2.45) is 10.7 Å². The SMILES string of the molecule is NC(=NCCS(=O)(=O)NCC1CCCCO1)N1CCCCCC1. The van der Waals surface area contributed by atoms with Gasteiger partial charge in [0, 0.05) is 26.2 Å². The van der Waals surface area contributed by atoms with Gasteiger partial charge in [0.25, 0.3) is 0 Å². The Bertz CT molecular complexity index is 467. The molecule has 8 heteroatoms. The summed E-state index contributed by atoms with van der Waals surface area (Å²) in [6.07, 6.45) is 7.79. The summed E-state index contributed by atoms with van der Waals surface area (Å²) in [6.45, 7) is 3.11. The van der Waals surface area contributed by atoms with Crippen molar-refractivity contribution in [3.8, 4) is 0 Å². The molecule has 2 heterocycles. The zero-order chi connectivity index (χ0) is 16.5. The van der Waals surface area contributed by atoms with Crippen LogP contribution < -0.4 is 10.5 Å². The van der Waals surface area contributed by atoms with Gasteiger partial charge in [0.05, 0.1) is 18.4 Å². The summed E-state index contributed by atoms with van der Waals surface area (Å²) >= 11 is 0. The van der Waals surface area contributed by atoms with E-state index >= 15 is 0 Å². The molecule has 2 fully saturated rings. The first-order valence-corrected chi connectivity index (χ1v) is 10.4. The zero-order valence-corrected chi connectivity index (χ0v) is 14.7. The third-order valence-electron chi connectivity index (χ3n) is 4.37. The lowest BCUT2D eigenvalue weighted by molar-refractivity contribution is 0.0200. The molecule has 2 rings (SSSR count). The number of guanidine groups is 1. The second-order valence-corrected chi connectivity index (χ2v) is 8.22. The predicted octanol–water partition coefficient (Wildman–Crippen LogP) is 0.666. The minimum Gasteiger partial charge on any atom is -0.377 e. The molecule has 7 nitrogen and oxygen atoms in total. The van der Waals surface area contributed by atoms with Crippen LogP contribution in [-0.2, 0) is 14.8 Å². The van der Waals surface area contributed by atoms with Crippen LogP contribution in [0.4, 0.5) is 0 Å². The number of aliphatic imine (C=N–C) groups is 1. The van der Waals surface area contributed by atoms with Crippen molar-refractivity contribution in [3.63, 3.8) is 0 Å². The second kappa shape index (κ2) is 9.44. The van der Waals surface area contributed by atoms with Crippen molar-refractivity contribution in [2.45, 2.75) is 51.0 Å². The van der Waals surface area contributed by atoms with E-state index in [9.17, 15) is 8.42 Å². The van der Waals surface area contributed by atoms with Crippen LogP contribution in [0.25, 0.3) is 0 Å². The molecule has 0 bridgehead atoms. The van der Waals surface area contributed by atoms with E-state index in [1.807, 2.05) is 0 Å². The zero-order valence-electron chi connectivity index (χ0n) is 13.9. The number of nitrogens with zero attached hydrogens (tertiary/aromatic N) is 2. The Labute approximate surface area is 139 Å². The van der Waals surface area contributed by atoms with Crippen LogP contribution in [0, 0.1) is 0 Å². The Kier molecular flexibility index (Phi) is 7.58. The van der Waals surface area contributed by atoms with Gasteiger partial charge in [-0.15, -0.1) is 0 Å². The van der Waals surface area contributed by atoms with Crippen molar-refractivity contribution in [1.82, 2.24) is 9.62 Å². The molecule has 0 aromatic carbocycles. The van der Waals surface area contributed by atoms with Crippen LogP contribution in [-0.4, -0.2) is 63.9 Å². The van der Waals surface area contributed by atoms with Crippen LogP contribution in [0.15, 0.2) is 4.99 Å². The molecule has 0 radical (unpaired) electrons. The molecule has 0 aromatic heterocycles. The van der Waals surface area contributed by atoms with Gasteiger partial charge in [-0.05, 0) is 32.1 Å². The van der Waals surface area contributed by atoms with Crippen molar-refractivity contribution in [1.29, 1.82) is 0 Å². The standard InChI is InChI=1S/C15H30N4O3S/c16-15(19-9-4-1-2-5-10-19)17-8-12-23(20,21)18-13-14-7-3-6-11-22-14/h14,18H,1-13H2,(H2,16,17). The smallest absolute Gasteiger partial charge is 0.213 e. The summed E-state index contributed by atoms with van der Waals surface area (Å²) in [5.74, 6) is 0.437. The molecule has 2 saturated heterocycles. The minimum atomic E-state index is -3.33. The molecule has 0 aromatic rings. The summed E-state index contributed by atoms with van der Waals surface area (Å²) in [6, 6.07) is 0. The molecule has 134 valence electrons. The third-order valence-corrected chi connectivity index (χ3v) is 5.70. The maximum absolute atomic E-state index is 12.0. The highest BCUT2D eigenvalue weighted by molar-refractivity contribution is 7.89. The highest BCUT2D eigenvalue weighted by Crippen LogP contribution is 2.12. The van der Waals surface area contributed by atoms with Gasteiger partial charge in [-0.2, -0.15) is 0 Å². The molecule has 1 unspecified atom stereocenters. The van der Waals surface area contributed by atoms with Gasteiger partial charge in [-0.25, -0.2) is 13.1 Å². The number of sulfonamides is 1. The molecule has 23 heavy (non-hydrogen) atoms. The molecule has 1 atom stereocenters. The van der Waals surface area contributed by atoms with E-state index in [0.717, 1.165) is 51.8 Å². The molecule has 2 aliphatic heterocycles. The molecule has 3 N–H and O–H groups in total. The van der Waals surface area contributed by atoms with Gasteiger partial charge in [-0.1, -0.05) is 12.8 Å². The Morgan fingerprint density at radius 3 is 2.57 bits per heavy atom. The van der Waals surface area contributed by atoms with E-state index in [2.05, 4.69) is 14.6 Å². The number of nitrogens with two attached hydrogens (primary N) is 1. The number of ether oxygens (including phenoxy) is 1. The number of nitrogens with one attached hydrogen (secondary N) is 1. The van der Waals surface area contributed by atoms with Gasteiger partial charge < -0.3 is 15.4 Å². The molecule has 2 aliphatic rings. The Balaban J connectivity index is 1.71. The molecular weight excluding hydrogens is 316 g/mol. The Hall–Kier alpha value is -0.860. The molecule has 0 saturated carbocycles. The van der Waals surface area contributed by atoms with Crippen molar-refractivity contribution < 1.29 is 13.2 Å². The fourth-order valence-electron chi connectivity index (χ4n) is 2.94. The number of hydrogen-bond acceptors (Lipinski definition) is 4. The van der Waals surface area contributed by atoms with Crippen LogP contribution in [0.3, 0.4) is 0 Å². The topological polar surface area (TPSA) is 97.0 Å². The van der Waals surface area contributed by atoms with Gasteiger partial charge in [-0.3, -0.25) is 4.99 Å². The van der Waals surface area contributed by atoms with Crippen molar-refractivity contribution in [2.75, 3.05) is 38.5 Å². The summed E-state index contributed by atoms with van der Waals surface area (Å²) < 4.78 is 32.1. The van der Waals surface area contributed by atoms with E-state index in [4.69, 9.17) is 10.5 Å². The number of hydrogen-bond donors (Lipinski definition) is 2. The lowest BCUT2D eigenvalue weighted by Gasteiger charge is -2.22. The fourth-order valence-corrected chi connectivity index (χ4v) is 3.86. The minimum absolute atomic E-state index is 0.00388. The molecule has 0 amide bonds. The monoisotopic (exact) mass is 346 g/mol. The van der Waals surface area contributed by atoms with Crippen LogP contribution >= 0.6 is 0 Å². The quantitative estimate of drug-likeness (QED) is 0.544. The first kappa shape index (κ1) is 18.5. The summed E-state index contributed by atoms with van der Waals surface area (Å²) in [5, 5.41) is 0. The predicted molar refractivity (Wildman–Crippen MR) is 91.9 cm³/mol. The maximum Gasteiger partial charge on any atom is 0.213 e. The van der Waals surface area contributed by atoms with Gasteiger partial charge in [0.15, 0.2) is 5.96 Å². The second-order valence-electron chi connectivity index (χ2n) is 6.30. The third kappa shape index (κ3) is 7.05. The van der Waals surface area contributed by atoms with E-state index in [0.29, 0.717) is 12.5 Å². The number of rotatable bonds is 6. The summed E-state index contributed by atoms with van der Waals surface area (Å²) in [5.41, 5.74) is 5.98. The molecular formula is C15H30N4O3S. The Morgan fingerprint density at radius 1 is 1.17 bits per heavy atom.